The molecule has 2 nitrogen and oxygen atoms in total. The molecule has 0 saturated heterocycles. The Balaban J connectivity index is 1.99. The van der Waals surface area contributed by atoms with Crippen LogP contribution in [0.15, 0.2) is 29.2 Å². The van der Waals surface area contributed by atoms with Crippen LogP contribution in [0.2, 0.25) is 0 Å². The smallest absolute Gasteiger partial charge is 0.0662 e. The van der Waals surface area contributed by atoms with Gasteiger partial charge in [0.05, 0.1) is 6.10 Å². The van der Waals surface area contributed by atoms with Crippen molar-refractivity contribution < 1.29 is 5.11 Å². The van der Waals surface area contributed by atoms with Crippen LogP contribution in [0.3, 0.4) is 0 Å². The average Bonchev–Trinajstić information content (AvgIpc) is 2.33. The largest absolute Gasteiger partial charge is 0.392 e. The number of thioether (sulfide) groups is 1. The topological polar surface area (TPSA) is 32.3 Å². The minimum Gasteiger partial charge on any atom is -0.392 e. The lowest BCUT2D eigenvalue weighted by atomic mass is 9.97. The fourth-order valence-electron chi connectivity index (χ4n) is 2.32. The SMILES string of the molecule is CNCc1cccc(SC2CCCCC2O)c1. The first-order valence-corrected chi connectivity index (χ1v) is 7.26. The number of hydrogen-bond acceptors (Lipinski definition) is 3. The van der Waals surface area contributed by atoms with E-state index in [1.807, 2.05) is 18.8 Å². The van der Waals surface area contributed by atoms with Gasteiger partial charge in [-0.05, 0) is 37.6 Å². The van der Waals surface area contributed by atoms with Crippen molar-refractivity contribution in [3.63, 3.8) is 0 Å². The number of aliphatic hydroxyl groups excluding tert-OH is 1. The molecular formula is C14H21NOS. The molecule has 17 heavy (non-hydrogen) atoms. The molecule has 0 heterocycles. The minimum absolute atomic E-state index is 0.123. The highest BCUT2D eigenvalue weighted by Crippen LogP contribution is 2.34. The highest BCUT2D eigenvalue weighted by molar-refractivity contribution is 8.00. The summed E-state index contributed by atoms with van der Waals surface area (Å²) in [5.74, 6) is 0. The molecule has 2 rings (SSSR count). The Morgan fingerprint density at radius 3 is 2.94 bits per heavy atom. The zero-order valence-electron chi connectivity index (χ0n) is 10.4. The molecule has 1 aromatic rings. The van der Waals surface area contributed by atoms with Crippen LogP contribution in [0.25, 0.3) is 0 Å². The van der Waals surface area contributed by atoms with E-state index in [0.29, 0.717) is 5.25 Å². The monoisotopic (exact) mass is 251 g/mol. The van der Waals surface area contributed by atoms with Gasteiger partial charge in [-0.2, -0.15) is 0 Å². The third-order valence-corrected chi connectivity index (χ3v) is 4.61. The number of hydrogen-bond donors (Lipinski definition) is 2. The van der Waals surface area contributed by atoms with Gasteiger partial charge in [0.25, 0.3) is 0 Å². The van der Waals surface area contributed by atoms with Crippen molar-refractivity contribution in [1.82, 2.24) is 5.32 Å². The Morgan fingerprint density at radius 1 is 1.35 bits per heavy atom. The van der Waals surface area contributed by atoms with Crippen LogP contribution in [-0.2, 0) is 6.54 Å². The molecule has 0 spiro atoms. The van der Waals surface area contributed by atoms with E-state index in [2.05, 4.69) is 29.6 Å². The Labute approximate surface area is 108 Å². The molecule has 1 aliphatic carbocycles. The lowest BCUT2D eigenvalue weighted by Crippen LogP contribution is -2.26. The summed E-state index contributed by atoms with van der Waals surface area (Å²) >= 11 is 1.83. The normalized spacial score (nSPS) is 24.8. The zero-order chi connectivity index (χ0) is 12.1. The van der Waals surface area contributed by atoms with Crippen LogP contribution in [0.1, 0.15) is 31.2 Å². The summed E-state index contributed by atoms with van der Waals surface area (Å²) in [5.41, 5.74) is 1.31. The summed E-state index contributed by atoms with van der Waals surface area (Å²) in [5, 5.41) is 13.5. The molecule has 94 valence electrons. The van der Waals surface area contributed by atoms with E-state index in [-0.39, 0.29) is 6.10 Å². The third-order valence-electron chi connectivity index (χ3n) is 3.23. The second-order valence-electron chi connectivity index (χ2n) is 4.69. The lowest BCUT2D eigenvalue weighted by Gasteiger charge is -2.27. The van der Waals surface area contributed by atoms with Crippen molar-refractivity contribution >= 4 is 11.8 Å². The summed E-state index contributed by atoms with van der Waals surface area (Å²) in [4.78, 5) is 1.28. The van der Waals surface area contributed by atoms with Gasteiger partial charge < -0.3 is 10.4 Å². The fourth-order valence-corrected chi connectivity index (χ4v) is 3.63. The van der Waals surface area contributed by atoms with Crippen LogP contribution in [0.4, 0.5) is 0 Å². The molecule has 1 aliphatic rings. The van der Waals surface area contributed by atoms with Crippen molar-refractivity contribution in [2.45, 2.75) is 48.5 Å². The van der Waals surface area contributed by atoms with E-state index in [1.54, 1.807) is 0 Å². The van der Waals surface area contributed by atoms with Crippen molar-refractivity contribution in [2.75, 3.05) is 7.05 Å². The zero-order valence-corrected chi connectivity index (χ0v) is 11.2. The van der Waals surface area contributed by atoms with E-state index in [1.165, 1.54) is 23.3 Å². The molecule has 3 heteroatoms. The van der Waals surface area contributed by atoms with Crippen LogP contribution < -0.4 is 5.32 Å². The maximum atomic E-state index is 9.97. The number of rotatable bonds is 4. The predicted molar refractivity (Wildman–Crippen MR) is 73.3 cm³/mol. The van der Waals surface area contributed by atoms with Gasteiger partial charge in [-0.15, -0.1) is 11.8 Å². The van der Waals surface area contributed by atoms with Gasteiger partial charge in [0.15, 0.2) is 0 Å². The summed E-state index contributed by atoms with van der Waals surface area (Å²) in [6, 6.07) is 8.61. The van der Waals surface area contributed by atoms with Gasteiger partial charge in [-0.3, -0.25) is 0 Å². The molecule has 1 aromatic carbocycles. The molecule has 0 aromatic heterocycles. The minimum atomic E-state index is -0.123. The quantitative estimate of drug-likeness (QED) is 0.863. The molecule has 0 amide bonds. The fraction of sp³-hybridized carbons (Fsp3) is 0.571. The number of benzene rings is 1. The molecule has 0 radical (unpaired) electrons. The Morgan fingerprint density at radius 2 is 2.18 bits per heavy atom. The van der Waals surface area contributed by atoms with Gasteiger partial charge in [-0.25, -0.2) is 0 Å². The summed E-state index contributed by atoms with van der Waals surface area (Å²) in [6.45, 7) is 0.904. The van der Waals surface area contributed by atoms with Crippen molar-refractivity contribution in [3.05, 3.63) is 29.8 Å². The molecule has 0 bridgehead atoms. The van der Waals surface area contributed by atoms with E-state index in [0.717, 1.165) is 19.4 Å². The molecule has 2 N–H and O–H groups in total. The van der Waals surface area contributed by atoms with Crippen molar-refractivity contribution in [3.8, 4) is 0 Å². The van der Waals surface area contributed by atoms with Crippen LogP contribution in [0.5, 0.6) is 0 Å². The summed E-state index contributed by atoms with van der Waals surface area (Å²) in [7, 11) is 1.96. The Hall–Kier alpha value is -0.510. The number of aliphatic hydroxyl groups is 1. The Kier molecular flexibility index (Phi) is 4.89. The third kappa shape index (κ3) is 3.73. The second kappa shape index (κ2) is 6.43. The average molecular weight is 251 g/mol. The van der Waals surface area contributed by atoms with E-state index < -0.39 is 0 Å². The predicted octanol–water partition coefficient (Wildman–Crippen LogP) is 2.80. The lowest BCUT2D eigenvalue weighted by molar-refractivity contribution is 0.137. The summed E-state index contributed by atoms with van der Waals surface area (Å²) in [6.07, 6.45) is 4.42. The molecule has 2 atom stereocenters. The first-order chi connectivity index (χ1) is 8.29. The van der Waals surface area contributed by atoms with Gasteiger partial charge in [0.1, 0.15) is 0 Å². The van der Waals surface area contributed by atoms with Crippen molar-refractivity contribution in [1.29, 1.82) is 0 Å². The standard InChI is InChI=1S/C14H21NOS/c1-15-10-11-5-4-6-12(9-11)17-14-8-3-2-7-13(14)16/h4-6,9,13-16H,2-3,7-8,10H2,1H3. The van der Waals surface area contributed by atoms with E-state index in [4.69, 9.17) is 0 Å². The Bertz CT molecular complexity index is 356. The van der Waals surface area contributed by atoms with Crippen LogP contribution in [-0.4, -0.2) is 23.5 Å². The second-order valence-corrected chi connectivity index (χ2v) is 6.00. The maximum absolute atomic E-state index is 9.97. The van der Waals surface area contributed by atoms with Gasteiger partial charge in [0, 0.05) is 16.7 Å². The first kappa shape index (κ1) is 12.9. The van der Waals surface area contributed by atoms with Crippen LogP contribution >= 0.6 is 11.8 Å². The van der Waals surface area contributed by atoms with E-state index >= 15 is 0 Å². The summed E-state index contributed by atoms with van der Waals surface area (Å²) < 4.78 is 0. The molecule has 1 saturated carbocycles. The van der Waals surface area contributed by atoms with Gasteiger partial charge >= 0.3 is 0 Å². The highest BCUT2D eigenvalue weighted by atomic mass is 32.2. The van der Waals surface area contributed by atoms with Crippen LogP contribution in [0, 0.1) is 0 Å². The molecule has 2 unspecified atom stereocenters. The number of nitrogens with one attached hydrogen (secondary N) is 1. The van der Waals surface area contributed by atoms with Gasteiger partial charge in [0.2, 0.25) is 0 Å². The highest BCUT2D eigenvalue weighted by Gasteiger charge is 2.23. The molecule has 0 aliphatic heterocycles. The van der Waals surface area contributed by atoms with E-state index in [9.17, 15) is 5.11 Å². The molecular weight excluding hydrogens is 230 g/mol. The van der Waals surface area contributed by atoms with Crippen molar-refractivity contribution in [2.24, 2.45) is 0 Å². The van der Waals surface area contributed by atoms with Gasteiger partial charge in [-0.1, -0.05) is 25.0 Å². The first-order valence-electron chi connectivity index (χ1n) is 6.38. The maximum Gasteiger partial charge on any atom is 0.0662 e. The molecule has 1 fully saturated rings.